The SMILES string of the molecule is Nc1ncc(-c2cccc(Br)c2)cc1-c1cncc2ccccc12. The van der Waals surface area contributed by atoms with Gasteiger partial charge in [-0.1, -0.05) is 52.3 Å². The van der Waals surface area contributed by atoms with Gasteiger partial charge >= 0.3 is 0 Å². The van der Waals surface area contributed by atoms with Crippen LogP contribution in [0, 0.1) is 0 Å². The lowest BCUT2D eigenvalue weighted by Crippen LogP contribution is -1.96. The van der Waals surface area contributed by atoms with Crippen LogP contribution in [0.3, 0.4) is 0 Å². The van der Waals surface area contributed by atoms with E-state index in [9.17, 15) is 0 Å². The third-order valence-electron chi connectivity index (χ3n) is 4.03. The quantitative estimate of drug-likeness (QED) is 0.516. The van der Waals surface area contributed by atoms with Crippen molar-refractivity contribution in [2.24, 2.45) is 0 Å². The highest BCUT2D eigenvalue weighted by Crippen LogP contribution is 2.34. The van der Waals surface area contributed by atoms with Gasteiger partial charge in [0.25, 0.3) is 0 Å². The summed E-state index contributed by atoms with van der Waals surface area (Å²) in [5.74, 6) is 0.506. The zero-order valence-electron chi connectivity index (χ0n) is 12.8. The van der Waals surface area contributed by atoms with Crippen molar-refractivity contribution in [2.45, 2.75) is 0 Å². The Hall–Kier alpha value is -2.72. The van der Waals surface area contributed by atoms with E-state index >= 15 is 0 Å². The molecule has 0 spiro atoms. The van der Waals surface area contributed by atoms with Crippen molar-refractivity contribution < 1.29 is 0 Å². The molecule has 116 valence electrons. The van der Waals surface area contributed by atoms with E-state index in [2.05, 4.69) is 50.2 Å². The Morgan fingerprint density at radius 1 is 0.792 bits per heavy atom. The van der Waals surface area contributed by atoms with Gasteiger partial charge in [0.05, 0.1) is 0 Å². The highest BCUT2D eigenvalue weighted by Gasteiger charge is 2.10. The molecule has 0 saturated carbocycles. The van der Waals surface area contributed by atoms with Gasteiger partial charge in [0.15, 0.2) is 0 Å². The summed E-state index contributed by atoms with van der Waals surface area (Å²) < 4.78 is 1.03. The number of benzene rings is 2. The van der Waals surface area contributed by atoms with Gasteiger partial charge in [0.2, 0.25) is 0 Å². The first-order valence-electron chi connectivity index (χ1n) is 7.57. The molecule has 2 heterocycles. The monoisotopic (exact) mass is 375 g/mol. The molecule has 4 aromatic rings. The predicted octanol–water partition coefficient (Wildman–Crippen LogP) is 5.31. The molecule has 0 atom stereocenters. The number of fused-ring (bicyclic) bond motifs is 1. The van der Waals surface area contributed by atoms with Crippen LogP contribution in [-0.4, -0.2) is 9.97 Å². The van der Waals surface area contributed by atoms with Crippen molar-refractivity contribution in [1.29, 1.82) is 0 Å². The fraction of sp³-hybridized carbons (Fsp3) is 0. The second kappa shape index (κ2) is 6.06. The van der Waals surface area contributed by atoms with Crippen LogP contribution < -0.4 is 5.73 Å². The first-order chi connectivity index (χ1) is 11.7. The van der Waals surface area contributed by atoms with Crippen LogP contribution in [0.2, 0.25) is 0 Å². The molecule has 0 saturated heterocycles. The van der Waals surface area contributed by atoms with Gasteiger partial charge in [-0.2, -0.15) is 0 Å². The third-order valence-corrected chi connectivity index (χ3v) is 4.53. The molecule has 4 heteroatoms. The number of hydrogen-bond acceptors (Lipinski definition) is 3. The van der Waals surface area contributed by atoms with Crippen molar-refractivity contribution in [2.75, 3.05) is 5.73 Å². The number of nitrogens with zero attached hydrogens (tertiary/aromatic N) is 2. The normalized spacial score (nSPS) is 10.9. The Bertz CT molecular complexity index is 1040. The molecule has 0 aliphatic carbocycles. The molecular weight excluding hydrogens is 362 g/mol. The molecule has 0 aliphatic heterocycles. The maximum atomic E-state index is 6.17. The number of pyridine rings is 2. The molecule has 2 aromatic heterocycles. The summed E-state index contributed by atoms with van der Waals surface area (Å²) in [5, 5.41) is 2.20. The minimum atomic E-state index is 0.506. The van der Waals surface area contributed by atoms with Gasteiger partial charge in [0.1, 0.15) is 5.82 Å². The summed E-state index contributed by atoms with van der Waals surface area (Å²) in [6.45, 7) is 0. The van der Waals surface area contributed by atoms with E-state index in [4.69, 9.17) is 5.73 Å². The topological polar surface area (TPSA) is 51.8 Å². The van der Waals surface area contributed by atoms with Gasteiger partial charge in [-0.3, -0.25) is 4.98 Å². The van der Waals surface area contributed by atoms with E-state index in [1.807, 2.05) is 42.7 Å². The zero-order valence-corrected chi connectivity index (χ0v) is 14.4. The van der Waals surface area contributed by atoms with Crippen LogP contribution in [0.25, 0.3) is 33.0 Å². The average Bonchev–Trinajstić information content (AvgIpc) is 2.62. The molecular formula is C20H14BrN3. The first-order valence-corrected chi connectivity index (χ1v) is 8.36. The summed E-state index contributed by atoms with van der Waals surface area (Å²) in [5.41, 5.74) is 10.2. The molecule has 4 rings (SSSR count). The second-order valence-electron chi connectivity index (χ2n) is 5.58. The molecule has 0 amide bonds. The number of nitrogen functional groups attached to an aromatic ring is 1. The number of hydrogen-bond donors (Lipinski definition) is 1. The first kappa shape index (κ1) is 14.8. The van der Waals surface area contributed by atoms with Crippen LogP contribution in [0.5, 0.6) is 0 Å². The predicted molar refractivity (Wildman–Crippen MR) is 103 cm³/mol. The minimum absolute atomic E-state index is 0.506. The number of rotatable bonds is 2. The van der Waals surface area contributed by atoms with Crippen molar-refractivity contribution in [1.82, 2.24) is 9.97 Å². The lowest BCUT2D eigenvalue weighted by Gasteiger charge is -2.11. The lowest BCUT2D eigenvalue weighted by atomic mass is 9.98. The van der Waals surface area contributed by atoms with E-state index < -0.39 is 0 Å². The largest absolute Gasteiger partial charge is 0.383 e. The van der Waals surface area contributed by atoms with Crippen molar-refractivity contribution >= 4 is 32.5 Å². The Morgan fingerprint density at radius 3 is 2.54 bits per heavy atom. The summed E-state index contributed by atoms with van der Waals surface area (Å²) in [7, 11) is 0. The number of halogens is 1. The van der Waals surface area contributed by atoms with Crippen molar-refractivity contribution in [3.05, 3.63) is 77.7 Å². The lowest BCUT2D eigenvalue weighted by molar-refractivity contribution is 1.32. The molecule has 3 nitrogen and oxygen atoms in total. The smallest absolute Gasteiger partial charge is 0.131 e. The summed E-state index contributed by atoms with van der Waals surface area (Å²) in [6.07, 6.45) is 5.51. The number of aromatic nitrogens is 2. The molecule has 0 aliphatic rings. The van der Waals surface area contributed by atoms with Crippen LogP contribution in [-0.2, 0) is 0 Å². The highest BCUT2D eigenvalue weighted by molar-refractivity contribution is 9.10. The van der Waals surface area contributed by atoms with Crippen molar-refractivity contribution in [3.8, 4) is 22.3 Å². The maximum absolute atomic E-state index is 6.17. The molecule has 0 fully saturated rings. The van der Waals surface area contributed by atoms with Crippen LogP contribution in [0.4, 0.5) is 5.82 Å². The molecule has 24 heavy (non-hydrogen) atoms. The Labute approximate surface area is 148 Å². The number of nitrogens with two attached hydrogens (primary N) is 1. The van der Waals surface area contributed by atoms with Gasteiger partial charge in [0, 0.05) is 45.1 Å². The average molecular weight is 376 g/mol. The van der Waals surface area contributed by atoms with E-state index in [1.165, 1.54) is 0 Å². The minimum Gasteiger partial charge on any atom is -0.383 e. The van der Waals surface area contributed by atoms with E-state index in [0.29, 0.717) is 5.82 Å². The van der Waals surface area contributed by atoms with Gasteiger partial charge < -0.3 is 5.73 Å². The molecule has 2 N–H and O–H groups in total. The van der Waals surface area contributed by atoms with E-state index in [0.717, 1.165) is 37.5 Å². The molecule has 0 unspecified atom stereocenters. The van der Waals surface area contributed by atoms with E-state index in [-0.39, 0.29) is 0 Å². The maximum Gasteiger partial charge on any atom is 0.131 e. The molecule has 0 bridgehead atoms. The fourth-order valence-corrected chi connectivity index (χ4v) is 3.25. The zero-order chi connectivity index (χ0) is 16.5. The summed E-state index contributed by atoms with van der Waals surface area (Å²) >= 11 is 3.51. The molecule has 2 aromatic carbocycles. The Kier molecular flexibility index (Phi) is 3.75. The third kappa shape index (κ3) is 2.65. The highest BCUT2D eigenvalue weighted by atomic mass is 79.9. The van der Waals surface area contributed by atoms with Crippen LogP contribution in [0.15, 0.2) is 77.7 Å². The van der Waals surface area contributed by atoms with Gasteiger partial charge in [-0.25, -0.2) is 4.98 Å². The van der Waals surface area contributed by atoms with Crippen molar-refractivity contribution in [3.63, 3.8) is 0 Å². The standard InChI is InChI=1S/C20H14BrN3/c21-16-6-3-5-13(8-16)15-9-18(20(22)24-11-15)19-12-23-10-14-4-1-2-7-17(14)19/h1-12H,(H2,22,24). The van der Waals surface area contributed by atoms with Gasteiger partial charge in [-0.15, -0.1) is 0 Å². The molecule has 0 radical (unpaired) electrons. The van der Waals surface area contributed by atoms with Crippen LogP contribution in [0.1, 0.15) is 0 Å². The van der Waals surface area contributed by atoms with Crippen LogP contribution >= 0.6 is 15.9 Å². The Morgan fingerprint density at radius 2 is 1.67 bits per heavy atom. The Balaban J connectivity index is 1.93. The summed E-state index contributed by atoms with van der Waals surface area (Å²) in [6, 6.07) is 18.4. The van der Waals surface area contributed by atoms with E-state index in [1.54, 1.807) is 6.20 Å². The fourth-order valence-electron chi connectivity index (χ4n) is 2.85. The number of anilines is 1. The summed E-state index contributed by atoms with van der Waals surface area (Å²) in [4.78, 5) is 8.76. The van der Waals surface area contributed by atoms with Gasteiger partial charge in [-0.05, 0) is 29.1 Å². The second-order valence-corrected chi connectivity index (χ2v) is 6.49.